The Balaban J connectivity index is 1.43. The van der Waals surface area contributed by atoms with Crippen molar-refractivity contribution >= 4 is 6.03 Å². The van der Waals surface area contributed by atoms with Gasteiger partial charge >= 0.3 is 6.03 Å². The Hall–Kier alpha value is -1.55. The first-order chi connectivity index (χ1) is 10.3. The van der Waals surface area contributed by atoms with Crippen LogP contribution in [0.5, 0.6) is 0 Å². The number of urea groups is 1. The van der Waals surface area contributed by atoms with Crippen LogP contribution in [0.2, 0.25) is 0 Å². The highest BCUT2D eigenvalue weighted by molar-refractivity contribution is 5.74. The molecule has 2 amide bonds. The topological polar surface area (TPSA) is 41.6 Å². The van der Waals surface area contributed by atoms with E-state index >= 15 is 0 Å². The van der Waals surface area contributed by atoms with E-state index in [1.165, 1.54) is 5.56 Å². The molecule has 0 spiro atoms. The molecule has 2 heterocycles. The molecule has 0 saturated carbocycles. The number of carbonyl (C=O) groups is 1. The minimum Gasteiger partial charge on any atom is -0.379 e. The van der Waals surface area contributed by atoms with Crippen molar-refractivity contribution < 1.29 is 9.53 Å². The molecule has 1 N–H and O–H groups in total. The number of nitrogens with one attached hydrogen (secondary N) is 1. The molecule has 4 nitrogen and oxygen atoms in total. The van der Waals surface area contributed by atoms with E-state index in [1.54, 1.807) is 0 Å². The molecular weight excluding hydrogens is 264 g/mol. The number of likely N-dealkylation sites (tertiary alicyclic amines) is 1. The minimum atomic E-state index is 0.0867. The summed E-state index contributed by atoms with van der Waals surface area (Å²) in [6.45, 7) is 3.17. The molecule has 0 bridgehead atoms. The quantitative estimate of drug-likeness (QED) is 0.928. The summed E-state index contributed by atoms with van der Waals surface area (Å²) in [4.78, 5) is 14.1. The average molecular weight is 288 g/mol. The SMILES string of the molecule is O=C(NC1CCOC1)N1CCC(Cc2ccccc2)CC1. The van der Waals surface area contributed by atoms with E-state index in [-0.39, 0.29) is 12.1 Å². The molecular formula is C17H24N2O2. The molecule has 2 saturated heterocycles. The predicted molar refractivity (Wildman–Crippen MR) is 82.2 cm³/mol. The molecule has 1 aromatic rings. The van der Waals surface area contributed by atoms with Gasteiger partial charge in [-0.25, -0.2) is 4.79 Å². The second-order valence-corrected chi connectivity index (χ2v) is 6.13. The number of nitrogens with zero attached hydrogens (tertiary/aromatic N) is 1. The normalized spacial score (nSPS) is 23.2. The summed E-state index contributed by atoms with van der Waals surface area (Å²) >= 11 is 0. The van der Waals surface area contributed by atoms with E-state index in [0.29, 0.717) is 12.5 Å². The lowest BCUT2D eigenvalue weighted by atomic mass is 9.90. The third-order valence-electron chi connectivity index (χ3n) is 4.53. The van der Waals surface area contributed by atoms with Crippen molar-refractivity contribution in [3.05, 3.63) is 35.9 Å². The Labute approximate surface area is 126 Å². The Morgan fingerprint density at radius 2 is 1.95 bits per heavy atom. The number of ether oxygens (including phenoxy) is 1. The molecule has 3 rings (SSSR count). The molecule has 2 fully saturated rings. The van der Waals surface area contributed by atoms with Crippen LogP contribution in [0.15, 0.2) is 30.3 Å². The Kier molecular flexibility index (Phi) is 4.76. The second kappa shape index (κ2) is 6.94. The number of amides is 2. The molecule has 2 aliphatic rings. The number of carbonyl (C=O) groups excluding carboxylic acids is 1. The first-order valence-electron chi connectivity index (χ1n) is 7.98. The maximum atomic E-state index is 12.2. The van der Waals surface area contributed by atoms with Crippen molar-refractivity contribution in [3.63, 3.8) is 0 Å². The van der Waals surface area contributed by atoms with Gasteiger partial charge in [0.1, 0.15) is 0 Å². The van der Waals surface area contributed by atoms with Gasteiger partial charge in [-0.3, -0.25) is 0 Å². The number of hydrogen-bond donors (Lipinski definition) is 1. The van der Waals surface area contributed by atoms with Crippen LogP contribution in [0.3, 0.4) is 0 Å². The van der Waals surface area contributed by atoms with Crippen LogP contribution in [-0.2, 0) is 11.2 Å². The van der Waals surface area contributed by atoms with Gasteiger partial charge in [0.15, 0.2) is 0 Å². The predicted octanol–water partition coefficient (Wildman–Crippen LogP) is 2.44. The van der Waals surface area contributed by atoms with Crippen LogP contribution in [0.25, 0.3) is 0 Å². The zero-order valence-electron chi connectivity index (χ0n) is 12.5. The van der Waals surface area contributed by atoms with E-state index in [4.69, 9.17) is 4.74 Å². The summed E-state index contributed by atoms with van der Waals surface area (Å²) in [6, 6.07) is 10.9. The number of piperidine rings is 1. The summed E-state index contributed by atoms with van der Waals surface area (Å²) in [5.74, 6) is 0.700. The third-order valence-corrected chi connectivity index (χ3v) is 4.53. The lowest BCUT2D eigenvalue weighted by molar-refractivity contribution is 0.161. The summed E-state index contributed by atoms with van der Waals surface area (Å²) in [5.41, 5.74) is 1.41. The third kappa shape index (κ3) is 3.97. The maximum absolute atomic E-state index is 12.2. The summed E-state index contributed by atoms with van der Waals surface area (Å²) in [6.07, 6.45) is 4.27. The van der Waals surface area contributed by atoms with Crippen LogP contribution in [0.4, 0.5) is 4.79 Å². The van der Waals surface area contributed by atoms with Gasteiger partial charge < -0.3 is 15.0 Å². The monoisotopic (exact) mass is 288 g/mol. The first-order valence-corrected chi connectivity index (χ1v) is 7.98. The van der Waals surface area contributed by atoms with Gasteiger partial charge in [0.25, 0.3) is 0 Å². The van der Waals surface area contributed by atoms with Crippen LogP contribution in [0.1, 0.15) is 24.8 Å². The number of hydrogen-bond acceptors (Lipinski definition) is 2. The van der Waals surface area contributed by atoms with Crippen molar-refractivity contribution in [3.8, 4) is 0 Å². The number of rotatable bonds is 3. The van der Waals surface area contributed by atoms with E-state index < -0.39 is 0 Å². The fraction of sp³-hybridized carbons (Fsp3) is 0.588. The molecule has 1 atom stereocenters. The van der Waals surface area contributed by atoms with Crippen molar-refractivity contribution in [1.29, 1.82) is 0 Å². The molecule has 4 heteroatoms. The van der Waals surface area contributed by atoms with Gasteiger partial charge in [-0.15, -0.1) is 0 Å². The van der Waals surface area contributed by atoms with E-state index in [9.17, 15) is 4.79 Å². The van der Waals surface area contributed by atoms with Gasteiger partial charge in [0.05, 0.1) is 12.6 Å². The van der Waals surface area contributed by atoms with Crippen molar-refractivity contribution in [2.75, 3.05) is 26.3 Å². The fourth-order valence-corrected chi connectivity index (χ4v) is 3.20. The second-order valence-electron chi connectivity index (χ2n) is 6.13. The van der Waals surface area contributed by atoms with Gasteiger partial charge in [-0.1, -0.05) is 30.3 Å². The zero-order chi connectivity index (χ0) is 14.5. The van der Waals surface area contributed by atoms with Crippen molar-refractivity contribution in [2.24, 2.45) is 5.92 Å². The van der Waals surface area contributed by atoms with Gasteiger partial charge in [-0.2, -0.15) is 0 Å². The van der Waals surface area contributed by atoms with Crippen LogP contribution in [0, 0.1) is 5.92 Å². The van der Waals surface area contributed by atoms with Crippen molar-refractivity contribution in [1.82, 2.24) is 10.2 Å². The van der Waals surface area contributed by atoms with E-state index in [2.05, 4.69) is 35.6 Å². The van der Waals surface area contributed by atoms with Gasteiger partial charge in [-0.05, 0) is 37.2 Å². The highest BCUT2D eigenvalue weighted by Crippen LogP contribution is 2.21. The molecule has 2 aliphatic heterocycles. The highest BCUT2D eigenvalue weighted by Gasteiger charge is 2.25. The number of benzene rings is 1. The van der Waals surface area contributed by atoms with Crippen LogP contribution in [-0.4, -0.2) is 43.3 Å². The summed E-state index contributed by atoms with van der Waals surface area (Å²) in [5, 5.41) is 3.08. The lowest BCUT2D eigenvalue weighted by Crippen LogP contribution is -2.48. The average Bonchev–Trinajstić information content (AvgIpc) is 3.02. The maximum Gasteiger partial charge on any atom is 0.317 e. The lowest BCUT2D eigenvalue weighted by Gasteiger charge is -2.32. The smallest absolute Gasteiger partial charge is 0.317 e. The van der Waals surface area contributed by atoms with E-state index in [0.717, 1.165) is 45.4 Å². The summed E-state index contributed by atoms with van der Waals surface area (Å²) < 4.78 is 5.30. The Morgan fingerprint density at radius 3 is 2.62 bits per heavy atom. The highest BCUT2D eigenvalue weighted by atomic mass is 16.5. The largest absolute Gasteiger partial charge is 0.379 e. The molecule has 0 aliphatic carbocycles. The Bertz CT molecular complexity index is 449. The first kappa shape index (κ1) is 14.4. The van der Waals surface area contributed by atoms with Gasteiger partial charge in [0, 0.05) is 19.7 Å². The standard InChI is InChI=1S/C17H24N2O2/c20-17(18-16-8-11-21-13-16)19-9-6-15(7-10-19)12-14-4-2-1-3-5-14/h1-5,15-16H,6-13H2,(H,18,20). The molecule has 0 radical (unpaired) electrons. The van der Waals surface area contributed by atoms with Gasteiger partial charge in [0.2, 0.25) is 0 Å². The molecule has 114 valence electrons. The van der Waals surface area contributed by atoms with Crippen LogP contribution < -0.4 is 5.32 Å². The fourth-order valence-electron chi connectivity index (χ4n) is 3.20. The molecule has 1 aromatic carbocycles. The molecule has 0 aromatic heterocycles. The van der Waals surface area contributed by atoms with E-state index in [1.807, 2.05) is 4.90 Å². The summed E-state index contributed by atoms with van der Waals surface area (Å²) in [7, 11) is 0. The molecule has 1 unspecified atom stereocenters. The minimum absolute atomic E-state index is 0.0867. The zero-order valence-corrected chi connectivity index (χ0v) is 12.5. The molecule has 21 heavy (non-hydrogen) atoms. The van der Waals surface area contributed by atoms with Crippen LogP contribution >= 0.6 is 0 Å². The van der Waals surface area contributed by atoms with Crippen molar-refractivity contribution in [2.45, 2.75) is 31.7 Å². The Morgan fingerprint density at radius 1 is 1.19 bits per heavy atom.